The van der Waals surface area contributed by atoms with Gasteiger partial charge in [-0.2, -0.15) is 0 Å². The summed E-state index contributed by atoms with van der Waals surface area (Å²) in [6, 6.07) is 9.22. The Bertz CT molecular complexity index is 651. The molecule has 1 heterocycles. The summed E-state index contributed by atoms with van der Waals surface area (Å²) in [6.45, 7) is 13.0. The van der Waals surface area contributed by atoms with Crippen LogP contribution in [0.2, 0.25) is 0 Å². The van der Waals surface area contributed by atoms with Crippen molar-refractivity contribution in [2.45, 2.75) is 46.1 Å². The summed E-state index contributed by atoms with van der Waals surface area (Å²) in [7, 11) is 1.67. The number of nitrogens with two attached hydrogens (primary N) is 1. The summed E-state index contributed by atoms with van der Waals surface area (Å²) >= 11 is 0. The van der Waals surface area contributed by atoms with Gasteiger partial charge in [0.05, 0.1) is 26.2 Å². The molecule has 0 radical (unpaired) electrons. The van der Waals surface area contributed by atoms with E-state index in [1.807, 2.05) is 4.90 Å². The number of likely N-dealkylation sites (N-methyl/N-ethyl adjacent to an activating group) is 1. The van der Waals surface area contributed by atoms with Crippen LogP contribution in [0.25, 0.3) is 0 Å². The molecular formula is C23H40N4O2+2. The van der Waals surface area contributed by atoms with Gasteiger partial charge in [-0.25, -0.2) is 0 Å². The molecule has 1 aliphatic heterocycles. The molecule has 1 aliphatic rings. The van der Waals surface area contributed by atoms with Crippen molar-refractivity contribution in [3.05, 3.63) is 35.4 Å². The number of hydrogen-bond donors (Lipinski definition) is 3. The average Bonchev–Trinajstić information content (AvgIpc) is 2.73. The van der Waals surface area contributed by atoms with Crippen molar-refractivity contribution in [2.75, 3.05) is 46.3 Å². The standard InChI is InChI=1S/C23H38N4O2/c1-6-18(4)19-7-9-20(10-8-19)23(17(2)3)25-15-22(29)27-13-11-26(12-14-27)16-21(28)24-5/h7-10,17-18,23,25H,6,11-16H2,1-5H3,(H,24,28)/p+2/t18-,23+/m0/s1. The van der Waals surface area contributed by atoms with Crippen LogP contribution < -0.4 is 15.5 Å². The molecule has 0 aliphatic carbocycles. The molecule has 0 spiro atoms. The molecule has 1 saturated heterocycles. The minimum Gasteiger partial charge on any atom is -0.354 e. The summed E-state index contributed by atoms with van der Waals surface area (Å²) in [5.74, 6) is 1.29. The molecule has 6 heteroatoms. The van der Waals surface area contributed by atoms with Crippen molar-refractivity contribution in [2.24, 2.45) is 5.92 Å². The first kappa shape index (κ1) is 23.4. The molecule has 0 bridgehead atoms. The lowest BCUT2D eigenvalue weighted by Crippen LogP contribution is -3.16. The fourth-order valence-corrected chi connectivity index (χ4v) is 4.00. The second-order valence-electron chi connectivity index (χ2n) is 8.67. The first-order chi connectivity index (χ1) is 13.8. The highest BCUT2D eigenvalue weighted by atomic mass is 16.2. The van der Waals surface area contributed by atoms with Crippen LogP contribution in [0.5, 0.6) is 0 Å². The van der Waals surface area contributed by atoms with Gasteiger partial charge in [-0.1, -0.05) is 52.0 Å². The zero-order chi connectivity index (χ0) is 21.4. The maximum Gasteiger partial charge on any atom is 0.278 e. The van der Waals surface area contributed by atoms with Crippen molar-refractivity contribution in [3.8, 4) is 0 Å². The van der Waals surface area contributed by atoms with Crippen LogP contribution in [0.3, 0.4) is 0 Å². The Kier molecular flexibility index (Phi) is 9.11. The van der Waals surface area contributed by atoms with Crippen LogP contribution in [0, 0.1) is 5.92 Å². The van der Waals surface area contributed by atoms with Crippen molar-refractivity contribution in [3.63, 3.8) is 0 Å². The minimum atomic E-state index is 0.0623. The van der Waals surface area contributed by atoms with Crippen LogP contribution in [0.1, 0.15) is 57.2 Å². The fraction of sp³-hybridized carbons (Fsp3) is 0.652. The molecule has 1 aromatic carbocycles. The molecule has 4 N–H and O–H groups in total. The number of nitrogens with one attached hydrogen (secondary N) is 2. The third kappa shape index (κ3) is 6.82. The van der Waals surface area contributed by atoms with Crippen LogP contribution >= 0.6 is 0 Å². The molecule has 0 unspecified atom stereocenters. The summed E-state index contributed by atoms with van der Waals surface area (Å²) in [5.41, 5.74) is 2.67. The van der Waals surface area contributed by atoms with Crippen LogP contribution in [-0.2, 0) is 9.59 Å². The Hall–Kier alpha value is -1.92. The SMILES string of the molecule is CC[C@H](C)c1ccc([C@H]([NH2+]CC(=O)N2CC[NH+](CC(=O)NC)CC2)C(C)C)cc1. The van der Waals surface area contributed by atoms with Crippen LogP contribution in [0.15, 0.2) is 24.3 Å². The normalized spacial score (nSPS) is 17.2. The van der Waals surface area contributed by atoms with Crippen molar-refractivity contribution in [1.82, 2.24) is 10.2 Å². The highest BCUT2D eigenvalue weighted by molar-refractivity contribution is 5.77. The van der Waals surface area contributed by atoms with E-state index in [9.17, 15) is 9.59 Å². The summed E-state index contributed by atoms with van der Waals surface area (Å²) in [6.07, 6.45) is 1.14. The van der Waals surface area contributed by atoms with E-state index in [1.165, 1.54) is 16.0 Å². The van der Waals surface area contributed by atoms with Gasteiger partial charge in [0, 0.05) is 18.5 Å². The van der Waals surface area contributed by atoms with E-state index < -0.39 is 0 Å². The molecule has 162 valence electrons. The maximum atomic E-state index is 12.7. The lowest BCUT2D eigenvalue weighted by molar-refractivity contribution is -0.896. The highest BCUT2D eigenvalue weighted by Crippen LogP contribution is 2.23. The van der Waals surface area contributed by atoms with Crippen LogP contribution in [-0.4, -0.2) is 63.0 Å². The summed E-state index contributed by atoms with van der Waals surface area (Å²) in [4.78, 5) is 27.5. The third-order valence-corrected chi connectivity index (χ3v) is 6.28. The number of quaternary nitrogens is 2. The first-order valence-electron chi connectivity index (χ1n) is 11.1. The molecule has 1 fully saturated rings. The van der Waals surface area contributed by atoms with Gasteiger partial charge in [-0.05, 0) is 17.9 Å². The van der Waals surface area contributed by atoms with Gasteiger partial charge in [-0.3, -0.25) is 9.59 Å². The molecule has 6 nitrogen and oxygen atoms in total. The van der Waals surface area contributed by atoms with Gasteiger partial charge in [0.1, 0.15) is 6.04 Å². The van der Waals surface area contributed by atoms with E-state index in [0.717, 1.165) is 32.6 Å². The van der Waals surface area contributed by atoms with E-state index in [-0.39, 0.29) is 17.9 Å². The predicted molar refractivity (Wildman–Crippen MR) is 116 cm³/mol. The summed E-state index contributed by atoms with van der Waals surface area (Å²) < 4.78 is 0. The Labute approximate surface area is 176 Å². The Morgan fingerprint density at radius 3 is 2.21 bits per heavy atom. The largest absolute Gasteiger partial charge is 0.354 e. The smallest absolute Gasteiger partial charge is 0.278 e. The molecule has 2 amide bonds. The molecule has 0 saturated carbocycles. The number of carbonyl (C=O) groups is 2. The van der Waals surface area contributed by atoms with Gasteiger partial charge in [-0.15, -0.1) is 0 Å². The summed E-state index contributed by atoms with van der Waals surface area (Å²) in [5, 5.41) is 4.86. The predicted octanol–water partition coefficient (Wildman–Crippen LogP) is -0.0663. The fourth-order valence-electron chi connectivity index (χ4n) is 4.00. The van der Waals surface area contributed by atoms with E-state index in [0.29, 0.717) is 24.9 Å². The van der Waals surface area contributed by atoms with Gasteiger partial charge in [0.25, 0.3) is 11.8 Å². The van der Waals surface area contributed by atoms with Gasteiger partial charge in [0.2, 0.25) is 0 Å². The average molecular weight is 405 g/mol. The molecular weight excluding hydrogens is 364 g/mol. The van der Waals surface area contributed by atoms with E-state index >= 15 is 0 Å². The number of piperazine rings is 1. The monoisotopic (exact) mass is 404 g/mol. The zero-order valence-corrected chi connectivity index (χ0v) is 18.8. The second kappa shape index (κ2) is 11.3. The van der Waals surface area contributed by atoms with Crippen molar-refractivity contribution < 1.29 is 19.8 Å². The van der Waals surface area contributed by atoms with E-state index in [1.54, 1.807) is 7.05 Å². The maximum absolute atomic E-state index is 12.7. The number of rotatable bonds is 9. The highest BCUT2D eigenvalue weighted by Gasteiger charge is 2.27. The lowest BCUT2D eigenvalue weighted by atomic mass is 9.92. The molecule has 0 aromatic heterocycles. The van der Waals surface area contributed by atoms with E-state index in [4.69, 9.17) is 0 Å². The second-order valence-corrected chi connectivity index (χ2v) is 8.67. The van der Waals surface area contributed by atoms with Gasteiger partial charge in [0.15, 0.2) is 13.1 Å². The quantitative estimate of drug-likeness (QED) is 0.539. The van der Waals surface area contributed by atoms with E-state index in [2.05, 4.69) is 62.6 Å². The van der Waals surface area contributed by atoms with Crippen LogP contribution in [0.4, 0.5) is 0 Å². The number of nitrogens with zero attached hydrogens (tertiary/aromatic N) is 1. The molecule has 2 rings (SSSR count). The zero-order valence-electron chi connectivity index (χ0n) is 18.8. The number of hydrogen-bond acceptors (Lipinski definition) is 2. The Morgan fingerprint density at radius 1 is 1.10 bits per heavy atom. The van der Waals surface area contributed by atoms with Crippen molar-refractivity contribution >= 4 is 11.8 Å². The lowest BCUT2D eigenvalue weighted by Gasteiger charge is -2.31. The van der Waals surface area contributed by atoms with Crippen molar-refractivity contribution in [1.29, 1.82) is 0 Å². The van der Waals surface area contributed by atoms with Gasteiger partial charge < -0.3 is 20.4 Å². The number of carbonyl (C=O) groups excluding carboxylic acids is 2. The molecule has 2 atom stereocenters. The molecule has 1 aromatic rings. The third-order valence-electron chi connectivity index (χ3n) is 6.28. The first-order valence-corrected chi connectivity index (χ1v) is 11.1. The van der Waals surface area contributed by atoms with Gasteiger partial charge >= 0.3 is 0 Å². The minimum absolute atomic E-state index is 0.0623. The topological polar surface area (TPSA) is 70.5 Å². The Balaban J connectivity index is 1.87. The molecule has 29 heavy (non-hydrogen) atoms. The Morgan fingerprint density at radius 2 is 1.69 bits per heavy atom. The number of benzene rings is 1. The number of amides is 2.